The number of nitrogens with one attached hydrogen (secondary N) is 2. The molecule has 146 valence electrons. The third kappa shape index (κ3) is 3.55. The molecule has 1 amide bonds. The van der Waals surface area contributed by atoms with Gasteiger partial charge in [-0.25, -0.2) is 4.68 Å². The summed E-state index contributed by atoms with van der Waals surface area (Å²) in [5.41, 5.74) is 2.10. The van der Waals surface area contributed by atoms with E-state index in [1.165, 1.54) is 0 Å². The number of para-hydroxylation sites is 1. The van der Waals surface area contributed by atoms with E-state index in [0.29, 0.717) is 12.2 Å². The number of aromatic nitrogens is 5. The van der Waals surface area contributed by atoms with Gasteiger partial charge in [0.15, 0.2) is 0 Å². The summed E-state index contributed by atoms with van der Waals surface area (Å²) in [6.45, 7) is 5.32. The van der Waals surface area contributed by atoms with Crippen LogP contribution in [0.2, 0.25) is 0 Å². The first-order valence-corrected chi connectivity index (χ1v) is 9.43. The molecule has 1 fully saturated rings. The number of carbonyl (C=O) groups excluding carboxylic acids is 1. The average molecular weight is 379 g/mol. The lowest BCUT2D eigenvalue weighted by Gasteiger charge is -2.27. The van der Waals surface area contributed by atoms with Gasteiger partial charge in [-0.1, -0.05) is 23.4 Å². The van der Waals surface area contributed by atoms with Crippen molar-refractivity contribution in [1.29, 1.82) is 0 Å². The Morgan fingerprint density at radius 1 is 1.21 bits per heavy atom. The summed E-state index contributed by atoms with van der Waals surface area (Å²) in [6.07, 6.45) is 5.68. The molecule has 8 heteroatoms. The third-order valence-corrected chi connectivity index (χ3v) is 5.29. The van der Waals surface area contributed by atoms with E-state index < -0.39 is 5.54 Å². The van der Waals surface area contributed by atoms with E-state index in [9.17, 15) is 4.79 Å². The van der Waals surface area contributed by atoms with E-state index in [-0.39, 0.29) is 17.7 Å². The smallest absolute Gasteiger partial charge is 0.225 e. The summed E-state index contributed by atoms with van der Waals surface area (Å²) >= 11 is 0. The molecule has 1 aliphatic rings. The van der Waals surface area contributed by atoms with Crippen LogP contribution in [-0.2, 0) is 17.4 Å². The highest BCUT2D eigenvalue weighted by Crippen LogP contribution is 2.29. The minimum Gasteiger partial charge on any atom is -0.345 e. The zero-order valence-corrected chi connectivity index (χ0v) is 16.3. The van der Waals surface area contributed by atoms with Crippen LogP contribution in [-0.4, -0.2) is 43.8 Å². The Bertz CT molecular complexity index is 960. The van der Waals surface area contributed by atoms with E-state index in [0.717, 1.165) is 17.8 Å². The number of aryl methyl sites for hydroxylation is 1. The van der Waals surface area contributed by atoms with Crippen molar-refractivity contribution >= 4 is 5.91 Å². The normalized spacial score (nSPS) is 19.7. The Morgan fingerprint density at radius 2 is 2.00 bits per heavy atom. The maximum atomic E-state index is 13.1. The fourth-order valence-corrected chi connectivity index (χ4v) is 3.66. The molecule has 0 bridgehead atoms. The first kappa shape index (κ1) is 18.4. The zero-order chi connectivity index (χ0) is 19.7. The van der Waals surface area contributed by atoms with Gasteiger partial charge >= 0.3 is 0 Å². The van der Waals surface area contributed by atoms with Gasteiger partial charge in [-0.3, -0.25) is 9.48 Å². The molecule has 3 aromatic rings. The van der Waals surface area contributed by atoms with E-state index in [2.05, 4.69) is 26.0 Å². The van der Waals surface area contributed by atoms with Crippen LogP contribution >= 0.6 is 0 Å². The van der Waals surface area contributed by atoms with Crippen molar-refractivity contribution in [1.82, 2.24) is 35.4 Å². The number of rotatable bonds is 5. The van der Waals surface area contributed by atoms with E-state index >= 15 is 0 Å². The van der Waals surface area contributed by atoms with Crippen LogP contribution in [0.15, 0.2) is 48.9 Å². The fraction of sp³-hybridized carbons (Fsp3) is 0.400. The van der Waals surface area contributed by atoms with Crippen molar-refractivity contribution in [2.45, 2.75) is 25.3 Å². The lowest BCUT2D eigenvalue weighted by Crippen LogP contribution is -2.45. The van der Waals surface area contributed by atoms with E-state index in [1.54, 1.807) is 9.36 Å². The van der Waals surface area contributed by atoms with Crippen LogP contribution in [0.1, 0.15) is 31.0 Å². The highest BCUT2D eigenvalue weighted by atomic mass is 16.2. The van der Waals surface area contributed by atoms with Gasteiger partial charge in [-0.2, -0.15) is 5.10 Å². The number of hydrogen-bond acceptors (Lipinski definition) is 5. The Morgan fingerprint density at radius 3 is 2.71 bits per heavy atom. The molecular formula is C20H25N7O. The summed E-state index contributed by atoms with van der Waals surface area (Å²) in [6, 6.07) is 9.80. The van der Waals surface area contributed by atoms with Crippen molar-refractivity contribution in [3.63, 3.8) is 0 Å². The maximum Gasteiger partial charge on any atom is 0.225 e. The SMILES string of the molecule is Cn1cc([C@H]2CNC[C@@H]2C(=O)NC(C)(C)c2cn(-c3ccccc3)nn2)cn1. The summed E-state index contributed by atoms with van der Waals surface area (Å²) in [5, 5.41) is 19.2. The number of benzene rings is 1. The van der Waals surface area contributed by atoms with Crippen molar-refractivity contribution < 1.29 is 4.79 Å². The Kier molecular flexibility index (Phi) is 4.72. The van der Waals surface area contributed by atoms with Gasteiger partial charge in [-0.15, -0.1) is 5.10 Å². The average Bonchev–Trinajstić information content (AvgIpc) is 3.42. The van der Waals surface area contributed by atoms with Crippen LogP contribution in [0.3, 0.4) is 0 Å². The van der Waals surface area contributed by atoms with Crippen LogP contribution in [0.25, 0.3) is 5.69 Å². The second kappa shape index (κ2) is 7.20. The number of hydrogen-bond donors (Lipinski definition) is 2. The molecule has 0 spiro atoms. The number of nitrogens with zero attached hydrogens (tertiary/aromatic N) is 5. The van der Waals surface area contributed by atoms with Gasteiger partial charge in [0, 0.05) is 32.3 Å². The molecule has 1 saturated heterocycles. The van der Waals surface area contributed by atoms with Crippen molar-refractivity contribution in [2.75, 3.05) is 13.1 Å². The Hall–Kier alpha value is -3.00. The first-order valence-electron chi connectivity index (χ1n) is 9.43. The topological polar surface area (TPSA) is 89.7 Å². The second-order valence-electron chi connectivity index (χ2n) is 7.82. The molecule has 0 radical (unpaired) electrons. The van der Waals surface area contributed by atoms with Gasteiger partial charge in [0.1, 0.15) is 5.69 Å². The molecule has 1 aromatic carbocycles. The molecule has 8 nitrogen and oxygen atoms in total. The lowest BCUT2D eigenvalue weighted by molar-refractivity contribution is -0.126. The molecule has 0 unspecified atom stereocenters. The van der Waals surface area contributed by atoms with Crippen LogP contribution in [0.4, 0.5) is 0 Å². The molecule has 28 heavy (non-hydrogen) atoms. The zero-order valence-electron chi connectivity index (χ0n) is 16.3. The van der Waals surface area contributed by atoms with Crippen LogP contribution < -0.4 is 10.6 Å². The molecule has 0 aliphatic carbocycles. The van der Waals surface area contributed by atoms with Crippen LogP contribution in [0, 0.1) is 5.92 Å². The van der Waals surface area contributed by atoms with Gasteiger partial charge in [0.2, 0.25) is 5.91 Å². The monoisotopic (exact) mass is 379 g/mol. The number of carbonyl (C=O) groups is 1. The highest BCUT2D eigenvalue weighted by molar-refractivity contribution is 5.81. The van der Waals surface area contributed by atoms with Gasteiger partial charge in [-0.05, 0) is 31.5 Å². The van der Waals surface area contributed by atoms with Gasteiger partial charge < -0.3 is 10.6 Å². The maximum absolute atomic E-state index is 13.1. The van der Waals surface area contributed by atoms with Crippen molar-refractivity contribution in [3.05, 3.63) is 60.2 Å². The minimum atomic E-state index is -0.633. The number of amides is 1. The summed E-state index contributed by atoms with van der Waals surface area (Å²) < 4.78 is 3.49. The molecule has 2 atom stereocenters. The standard InChI is InChI=1S/C20H25N7O/c1-20(2,18-13-27(25-24-18)15-7-5-4-6-8-15)23-19(28)17-11-21-10-16(17)14-9-22-26(3)12-14/h4-9,12-13,16-17,21H,10-11H2,1-3H3,(H,23,28)/t16-,17+/m1/s1. The third-order valence-electron chi connectivity index (χ3n) is 5.29. The highest BCUT2D eigenvalue weighted by Gasteiger charge is 2.37. The quantitative estimate of drug-likeness (QED) is 0.699. The molecule has 2 aromatic heterocycles. The van der Waals surface area contributed by atoms with Crippen molar-refractivity contribution in [2.24, 2.45) is 13.0 Å². The molecular weight excluding hydrogens is 354 g/mol. The van der Waals surface area contributed by atoms with E-state index in [4.69, 9.17) is 0 Å². The van der Waals surface area contributed by atoms with Gasteiger partial charge in [0.25, 0.3) is 0 Å². The summed E-state index contributed by atoms with van der Waals surface area (Å²) in [5.74, 6) is -0.0183. The second-order valence-corrected chi connectivity index (χ2v) is 7.82. The lowest BCUT2D eigenvalue weighted by atomic mass is 9.89. The van der Waals surface area contributed by atoms with Crippen molar-refractivity contribution in [3.8, 4) is 5.69 Å². The predicted molar refractivity (Wildman–Crippen MR) is 105 cm³/mol. The van der Waals surface area contributed by atoms with E-state index in [1.807, 2.05) is 69.8 Å². The molecule has 2 N–H and O–H groups in total. The molecule has 1 aliphatic heterocycles. The fourth-order valence-electron chi connectivity index (χ4n) is 3.66. The molecule has 4 rings (SSSR count). The summed E-state index contributed by atoms with van der Waals surface area (Å²) in [7, 11) is 1.89. The largest absolute Gasteiger partial charge is 0.345 e. The molecule has 3 heterocycles. The Labute approximate surface area is 163 Å². The Balaban J connectivity index is 1.49. The minimum absolute atomic E-state index is 0.0121. The molecule has 0 saturated carbocycles. The predicted octanol–water partition coefficient (Wildman–Crippen LogP) is 1.36. The summed E-state index contributed by atoms with van der Waals surface area (Å²) in [4.78, 5) is 13.1. The van der Waals surface area contributed by atoms with Crippen LogP contribution in [0.5, 0.6) is 0 Å². The first-order chi connectivity index (χ1) is 13.4. The van der Waals surface area contributed by atoms with Gasteiger partial charge in [0.05, 0.1) is 29.5 Å².